The summed E-state index contributed by atoms with van der Waals surface area (Å²) in [5.41, 5.74) is -0.439. The molecule has 0 aromatic carbocycles. The van der Waals surface area contributed by atoms with Crippen LogP contribution < -0.4 is 0 Å². The van der Waals surface area contributed by atoms with E-state index < -0.39 is 5.60 Å². The van der Waals surface area contributed by atoms with E-state index in [1.165, 1.54) is 6.08 Å². The SMILES string of the molecule is CC(C)(C)OC(=O)N1CCC(C=CC=O)CC1. The van der Waals surface area contributed by atoms with E-state index in [2.05, 4.69) is 0 Å². The molecule has 1 aliphatic rings. The van der Waals surface area contributed by atoms with Crippen LogP contribution in [0.1, 0.15) is 33.6 Å². The number of allylic oxidation sites excluding steroid dienone is 2. The minimum absolute atomic E-state index is 0.240. The second kappa shape index (κ2) is 5.84. The highest BCUT2D eigenvalue weighted by Gasteiger charge is 2.25. The van der Waals surface area contributed by atoms with Crippen molar-refractivity contribution in [2.75, 3.05) is 13.1 Å². The van der Waals surface area contributed by atoms with Gasteiger partial charge in [0.15, 0.2) is 0 Å². The zero-order valence-electron chi connectivity index (χ0n) is 10.8. The van der Waals surface area contributed by atoms with Crippen molar-refractivity contribution in [2.45, 2.75) is 39.2 Å². The van der Waals surface area contributed by atoms with Gasteiger partial charge in [0, 0.05) is 13.1 Å². The lowest BCUT2D eigenvalue weighted by Crippen LogP contribution is -2.41. The second-order valence-corrected chi connectivity index (χ2v) is 5.33. The van der Waals surface area contributed by atoms with Crippen LogP contribution in [0.4, 0.5) is 4.79 Å². The lowest BCUT2D eigenvalue weighted by atomic mass is 9.97. The summed E-state index contributed by atoms with van der Waals surface area (Å²) in [7, 11) is 0. The quantitative estimate of drug-likeness (QED) is 0.549. The van der Waals surface area contributed by atoms with Crippen molar-refractivity contribution in [3.05, 3.63) is 12.2 Å². The molecule has 17 heavy (non-hydrogen) atoms. The molecule has 1 aliphatic heterocycles. The summed E-state index contributed by atoms with van der Waals surface area (Å²) in [5.74, 6) is 0.402. The van der Waals surface area contributed by atoms with Crippen LogP contribution in [0.25, 0.3) is 0 Å². The van der Waals surface area contributed by atoms with Gasteiger partial charge in [-0.25, -0.2) is 4.79 Å². The molecule has 0 radical (unpaired) electrons. The smallest absolute Gasteiger partial charge is 0.410 e. The molecular formula is C13H21NO3. The number of carbonyl (C=O) groups excluding carboxylic acids is 2. The van der Waals surface area contributed by atoms with E-state index in [-0.39, 0.29) is 6.09 Å². The van der Waals surface area contributed by atoms with Gasteiger partial charge in [-0.3, -0.25) is 4.79 Å². The molecule has 0 aromatic rings. The first-order chi connectivity index (χ1) is 7.92. The molecule has 1 amide bonds. The topological polar surface area (TPSA) is 46.6 Å². The maximum Gasteiger partial charge on any atom is 0.410 e. The number of ether oxygens (including phenoxy) is 1. The van der Waals surface area contributed by atoms with Gasteiger partial charge in [-0.1, -0.05) is 6.08 Å². The average Bonchev–Trinajstić information content (AvgIpc) is 2.24. The molecule has 0 N–H and O–H groups in total. The Morgan fingerprint density at radius 3 is 2.35 bits per heavy atom. The highest BCUT2D eigenvalue weighted by atomic mass is 16.6. The van der Waals surface area contributed by atoms with E-state index in [0.717, 1.165) is 19.1 Å². The van der Waals surface area contributed by atoms with Gasteiger partial charge in [0.25, 0.3) is 0 Å². The van der Waals surface area contributed by atoms with Gasteiger partial charge in [-0.2, -0.15) is 0 Å². The first-order valence-corrected chi connectivity index (χ1v) is 6.02. The summed E-state index contributed by atoms with van der Waals surface area (Å²) in [6.45, 7) is 6.99. The monoisotopic (exact) mass is 239 g/mol. The molecule has 96 valence electrons. The number of likely N-dealkylation sites (tertiary alicyclic amines) is 1. The largest absolute Gasteiger partial charge is 0.444 e. The number of nitrogens with zero attached hydrogens (tertiary/aromatic N) is 1. The molecule has 0 bridgehead atoms. The van der Waals surface area contributed by atoms with Crippen molar-refractivity contribution in [3.63, 3.8) is 0 Å². The summed E-state index contributed by atoms with van der Waals surface area (Å²) in [5, 5.41) is 0. The fourth-order valence-corrected chi connectivity index (χ4v) is 1.80. The standard InChI is InChI=1S/C13H21NO3/c1-13(2,3)17-12(16)14-8-6-11(7-9-14)5-4-10-15/h4-5,10-11H,6-9H2,1-3H3. The summed E-state index contributed by atoms with van der Waals surface area (Å²) >= 11 is 0. The fourth-order valence-electron chi connectivity index (χ4n) is 1.80. The van der Waals surface area contributed by atoms with Gasteiger partial charge in [0.05, 0.1) is 0 Å². The summed E-state index contributed by atoms with van der Waals surface area (Å²) in [4.78, 5) is 23.7. The number of aldehydes is 1. The van der Waals surface area contributed by atoms with Crippen molar-refractivity contribution in [1.82, 2.24) is 4.90 Å². The summed E-state index contributed by atoms with van der Waals surface area (Å²) in [6.07, 6.45) is 5.79. The minimum Gasteiger partial charge on any atom is -0.444 e. The fraction of sp³-hybridized carbons (Fsp3) is 0.692. The summed E-state index contributed by atoms with van der Waals surface area (Å²) < 4.78 is 5.31. The van der Waals surface area contributed by atoms with Gasteiger partial charge in [-0.05, 0) is 45.6 Å². The Bertz CT molecular complexity index is 296. The highest BCUT2D eigenvalue weighted by Crippen LogP contribution is 2.20. The van der Waals surface area contributed by atoms with E-state index in [1.807, 2.05) is 26.8 Å². The predicted octanol–water partition coefficient (Wildman–Crippen LogP) is 2.39. The van der Waals surface area contributed by atoms with Gasteiger partial charge < -0.3 is 9.64 Å². The first-order valence-electron chi connectivity index (χ1n) is 6.02. The molecule has 0 atom stereocenters. The Kier molecular flexibility index (Phi) is 4.73. The Balaban J connectivity index is 2.39. The Morgan fingerprint density at radius 1 is 1.29 bits per heavy atom. The Hall–Kier alpha value is -1.32. The minimum atomic E-state index is -0.439. The van der Waals surface area contributed by atoms with Crippen LogP contribution in [0.15, 0.2) is 12.2 Å². The maximum absolute atomic E-state index is 11.8. The predicted molar refractivity (Wildman–Crippen MR) is 65.7 cm³/mol. The van der Waals surface area contributed by atoms with Gasteiger partial charge >= 0.3 is 6.09 Å². The Labute approximate surface area is 103 Å². The first kappa shape index (κ1) is 13.7. The van der Waals surface area contributed by atoms with Crippen LogP contribution in [-0.4, -0.2) is 36.0 Å². The molecule has 0 aromatic heterocycles. The van der Waals surface area contributed by atoms with E-state index in [4.69, 9.17) is 4.74 Å². The molecule has 0 aliphatic carbocycles. The molecule has 4 nitrogen and oxygen atoms in total. The van der Waals surface area contributed by atoms with E-state index in [0.29, 0.717) is 19.0 Å². The van der Waals surface area contributed by atoms with Crippen LogP contribution in [0.3, 0.4) is 0 Å². The van der Waals surface area contributed by atoms with Crippen LogP contribution in [0, 0.1) is 5.92 Å². The van der Waals surface area contributed by atoms with Gasteiger partial charge in [0.1, 0.15) is 11.9 Å². The van der Waals surface area contributed by atoms with Crippen molar-refractivity contribution in [3.8, 4) is 0 Å². The van der Waals surface area contributed by atoms with Gasteiger partial charge in [0.2, 0.25) is 0 Å². The normalized spacial score (nSPS) is 18.4. The third-order valence-electron chi connectivity index (χ3n) is 2.65. The average molecular weight is 239 g/mol. The lowest BCUT2D eigenvalue weighted by molar-refractivity contribution is -0.104. The maximum atomic E-state index is 11.8. The van der Waals surface area contributed by atoms with Crippen LogP contribution in [0.5, 0.6) is 0 Å². The number of piperidine rings is 1. The van der Waals surface area contributed by atoms with E-state index in [1.54, 1.807) is 4.90 Å². The molecule has 1 saturated heterocycles. The molecule has 0 spiro atoms. The number of hydrogen-bond donors (Lipinski definition) is 0. The summed E-state index contributed by atoms with van der Waals surface area (Å²) in [6, 6.07) is 0. The number of hydrogen-bond acceptors (Lipinski definition) is 3. The zero-order valence-corrected chi connectivity index (χ0v) is 10.8. The van der Waals surface area contributed by atoms with Crippen LogP contribution >= 0.6 is 0 Å². The molecule has 0 saturated carbocycles. The second-order valence-electron chi connectivity index (χ2n) is 5.33. The van der Waals surface area contributed by atoms with Crippen molar-refractivity contribution in [1.29, 1.82) is 0 Å². The van der Waals surface area contributed by atoms with Gasteiger partial charge in [-0.15, -0.1) is 0 Å². The zero-order chi connectivity index (χ0) is 12.9. The number of amides is 1. The van der Waals surface area contributed by atoms with E-state index in [9.17, 15) is 9.59 Å². The lowest BCUT2D eigenvalue weighted by Gasteiger charge is -2.32. The number of carbonyl (C=O) groups is 2. The molecular weight excluding hydrogens is 218 g/mol. The molecule has 1 fully saturated rings. The molecule has 1 heterocycles. The van der Waals surface area contributed by atoms with Crippen molar-refractivity contribution < 1.29 is 14.3 Å². The molecule has 1 rings (SSSR count). The third kappa shape index (κ3) is 5.02. The highest BCUT2D eigenvalue weighted by molar-refractivity contribution is 5.68. The van der Waals surface area contributed by atoms with Crippen molar-refractivity contribution >= 4 is 12.4 Å². The third-order valence-corrected chi connectivity index (χ3v) is 2.65. The van der Waals surface area contributed by atoms with Crippen molar-refractivity contribution in [2.24, 2.45) is 5.92 Å². The Morgan fingerprint density at radius 2 is 1.88 bits per heavy atom. The van der Waals surface area contributed by atoms with Crippen LogP contribution in [-0.2, 0) is 9.53 Å². The number of rotatable bonds is 2. The van der Waals surface area contributed by atoms with E-state index >= 15 is 0 Å². The molecule has 0 unspecified atom stereocenters. The van der Waals surface area contributed by atoms with Crippen LogP contribution in [0.2, 0.25) is 0 Å². The molecule has 4 heteroatoms.